The van der Waals surface area contributed by atoms with Crippen molar-refractivity contribution in [1.29, 1.82) is 0 Å². The Bertz CT molecular complexity index is 855. The predicted molar refractivity (Wildman–Crippen MR) is 115 cm³/mol. The van der Waals surface area contributed by atoms with E-state index in [0.29, 0.717) is 59.7 Å². The molecule has 2 rings (SSSR count). The van der Waals surface area contributed by atoms with Gasteiger partial charge in [0.05, 0.1) is 40.3 Å². The lowest BCUT2D eigenvalue weighted by molar-refractivity contribution is 0.0954. The first-order valence-corrected chi connectivity index (χ1v) is 9.69. The summed E-state index contributed by atoms with van der Waals surface area (Å²) in [5.41, 5.74) is 3.54. The van der Waals surface area contributed by atoms with Crippen LogP contribution in [0, 0.1) is 0 Å². The number of hydrogen-bond donors (Lipinski definition) is 1. The zero-order valence-corrected chi connectivity index (χ0v) is 18.0. The number of carbonyl (C=O) groups excluding carboxylic acids is 1. The van der Waals surface area contributed by atoms with Crippen LogP contribution in [-0.4, -0.2) is 46.2 Å². The van der Waals surface area contributed by atoms with Gasteiger partial charge in [0.1, 0.15) is 11.5 Å². The first-order chi connectivity index (χ1) is 14.6. The Balaban J connectivity index is 2.24. The van der Waals surface area contributed by atoms with E-state index in [1.165, 1.54) is 6.21 Å². The number of methoxy groups -OCH3 is 2. The molecule has 0 aliphatic rings. The fourth-order valence-electron chi connectivity index (χ4n) is 2.67. The van der Waals surface area contributed by atoms with Gasteiger partial charge < -0.3 is 23.7 Å². The number of carbonyl (C=O) groups is 1. The predicted octanol–water partition coefficient (Wildman–Crippen LogP) is 3.66. The summed E-state index contributed by atoms with van der Waals surface area (Å²) >= 11 is 0. The molecule has 0 unspecified atom stereocenters. The van der Waals surface area contributed by atoms with Crippen molar-refractivity contribution in [2.75, 3.05) is 34.0 Å². The summed E-state index contributed by atoms with van der Waals surface area (Å²) in [5, 5.41) is 4.03. The lowest BCUT2D eigenvalue weighted by Gasteiger charge is -2.16. The number of nitrogens with zero attached hydrogens (tertiary/aromatic N) is 1. The third-order valence-corrected chi connectivity index (χ3v) is 3.98. The van der Waals surface area contributed by atoms with Crippen molar-refractivity contribution in [1.82, 2.24) is 5.43 Å². The van der Waals surface area contributed by atoms with Crippen LogP contribution in [0.5, 0.6) is 28.7 Å². The van der Waals surface area contributed by atoms with Gasteiger partial charge in [0.15, 0.2) is 11.5 Å². The standard InChI is InChI=1S/C22H28N2O6/c1-6-28-19-11-16(12-20(29-7-2)21(19)30-8-3)22(25)24-23-14-15-9-10-17(26-4)13-18(15)27-5/h9-14H,6-8H2,1-5H3,(H,24,25)/b23-14+. The van der Waals surface area contributed by atoms with E-state index in [1.807, 2.05) is 20.8 Å². The molecule has 2 aromatic rings. The van der Waals surface area contributed by atoms with E-state index in [0.717, 1.165) is 0 Å². The maximum atomic E-state index is 12.6. The molecule has 1 amide bonds. The zero-order chi connectivity index (χ0) is 21.9. The molecule has 0 saturated carbocycles. The van der Waals surface area contributed by atoms with Crippen LogP contribution >= 0.6 is 0 Å². The van der Waals surface area contributed by atoms with Gasteiger partial charge in [-0.15, -0.1) is 0 Å². The fraction of sp³-hybridized carbons (Fsp3) is 0.364. The van der Waals surface area contributed by atoms with Crippen molar-refractivity contribution in [2.24, 2.45) is 5.10 Å². The number of hydrogen-bond acceptors (Lipinski definition) is 7. The summed E-state index contributed by atoms with van der Waals surface area (Å²) < 4.78 is 27.4. The summed E-state index contributed by atoms with van der Waals surface area (Å²) in [6.07, 6.45) is 1.50. The molecule has 0 aromatic heterocycles. The highest BCUT2D eigenvalue weighted by atomic mass is 16.5. The van der Waals surface area contributed by atoms with Crippen molar-refractivity contribution in [3.63, 3.8) is 0 Å². The molecule has 0 spiro atoms. The normalized spacial score (nSPS) is 10.6. The van der Waals surface area contributed by atoms with Crippen LogP contribution in [0.25, 0.3) is 0 Å². The van der Waals surface area contributed by atoms with E-state index >= 15 is 0 Å². The molecule has 162 valence electrons. The molecule has 8 heteroatoms. The Hall–Kier alpha value is -3.42. The molecule has 0 radical (unpaired) electrons. The third kappa shape index (κ3) is 5.79. The van der Waals surface area contributed by atoms with Crippen molar-refractivity contribution >= 4 is 12.1 Å². The Labute approximate surface area is 176 Å². The van der Waals surface area contributed by atoms with Crippen LogP contribution < -0.4 is 29.1 Å². The van der Waals surface area contributed by atoms with Crippen molar-refractivity contribution < 1.29 is 28.5 Å². The molecule has 0 aliphatic carbocycles. The monoisotopic (exact) mass is 416 g/mol. The Morgan fingerprint density at radius 1 is 0.900 bits per heavy atom. The topological polar surface area (TPSA) is 87.6 Å². The van der Waals surface area contributed by atoms with E-state index in [1.54, 1.807) is 44.6 Å². The number of amides is 1. The minimum Gasteiger partial charge on any atom is -0.497 e. The van der Waals surface area contributed by atoms with Gasteiger partial charge in [-0.05, 0) is 45.0 Å². The Morgan fingerprint density at radius 2 is 1.53 bits per heavy atom. The van der Waals surface area contributed by atoms with Gasteiger partial charge in [0.25, 0.3) is 5.91 Å². The first-order valence-electron chi connectivity index (χ1n) is 9.69. The molecular weight excluding hydrogens is 388 g/mol. The number of ether oxygens (including phenoxy) is 5. The fourth-order valence-corrected chi connectivity index (χ4v) is 2.67. The number of nitrogens with one attached hydrogen (secondary N) is 1. The average molecular weight is 416 g/mol. The van der Waals surface area contributed by atoms with Gasteiger partial charge in [-0.2, -0.15) is 5.10 Å². The second-order valence-electron chi connectivity index (χ2n) is 5.91. The van der Waals surface area contributed by atoms with Crippen molar-refractivity contribution in [3.05, 3.63) is 41.5 Å². The summed E-state index contributed by atoms with van der Waals surface area (Å²) in [4.78, 5) is 12.6. The van der Waals surface area contributed by atoms with Gasteiger partial charge in [-0.25, -0.2) is 5.43 Å². The summed E-state index contributed by atoms with van der Waals surface area (Å²) in [7, 11) is 3.13. The van der Waals surface area contributed by atoms with Crippen LogP contribution in [0.4, 0.5) is 0 Å². The van der Waals surface area contributed by atoms with Gasteiger partial charge in [-0.1, -0.05) is 0 Å². The van der Waals surface area contributed by atoms with Gasteiger partial charge in [-0.3, -0.25) is 4.79 Å². The highest BCUT2D eigenvalue weighted by Gasteiger charge is 2.18. The molecule has 1 N–H and O–H groups in total. The lowest BCUT2D eigenvalue weighted by atomic mass is 10.1. The molecule has 0 atom stereocenters. The molecule has 0 aliphatic heterocycles. The molecule has 0 heterocycles. The molecule has 0 saturated heterocycles. The molecule has 0 bridgehead atoms. The van der Waals surface area contributed by atoms with E-state index in [2.05, 4.69) is 10.5 Å². The summed E-state index contributed by atoms with van der Waals surface area (Å²) in [6.45, 7) is 6.87. The number of benzene rings is 2. The van der Waals surface area contributed by atoms with Crippen LogP contribution in [0.1, 0.15) is 36.7 Å². The smallest absolute Gasteiger partial charge is 0.271 e. The molecule has 0 fully saturated rings. The maximum absolute atomic E-state index is 12.6. The molecular formula is C22H28N2O6. The summed E-state index contributed by atoms with van der Waals surface area (Å²) in [6, 6.07) is 8.51. The zero-order valence-electron chi connectivity index (χ0n) is 18.0. The van der Waals surface area contributed by atoms with E-state index in [4.69, 9.17) is 23.7 Å². The number of rotatable bonds is 11. The largest absolute Gasteiger partial charge is 0.497 e. The summed E-state index contributed by atoms with van der Waals surface area (Å²) in [5.74, 6) is 2.18. The van der Waals surface area contributed by atoms with Gasteiger partial charge in [0, 0.05) is 17.2 Å². The van der Waals surface area contributed by atoms with Gasteiger partial charge >= 0.3 is 0 Å². The average Bonchev–Trinajstić information content (AvgIpc) is 2.76. The molecule has 2 aromatic carbocycles. The van der Waals surface area contributed by atoms with E-state index in [9.17, 15) is 4.79 Å². The molecule has 8 nitrogen and oxygen atoms in total. The highest BCUT2D eigenvalue weighted by Crippen LogP contribution is 2.39. The van der Waals surface area contributed by atoms with Crippen molar-refractivity contribution in [3.8, 4) is 28.7 Å². The minimum atomic E-state index is -0.413. The Kier molecular flexibility index (Phi) is 8.80. The van der Waals surface area contributed by atoms with Gasteiger partial charge in [0.2, 0.25) is 5.75 Å². The van der Waals surface area contributed by atoms with Crippen LogP contribution in [-0.2, 0) is 0 Å². The quantitative estimate of drug-likeness (QED) is 0.444. The number of hydrazone groups is 1. The first kappa shape index (κ1) is 22.9. The molecule has 30 heavy (non-hydrogen) atoms. The minimum absolute atomic E-state index is 0.337. The van der Waals surface area contributed by atoms with Crippen molar-refractivity contribution in [2.45, 2.75) is 20.8 Å². The maximum Gasteiger partial charge on any atom is 0.271 e. The van der Waals surface area contributed by atoms with Crippen LogP contribution in [0.2, 0.25) is 0 Å². The lowest BCUT2D eigenvalue weighted by Crippen LogP contribution is -2.18. The van der Waals surface area contributed by atoms with Crippen LogP contribution in [0.15, 0.2) is 35.4 Å². The van der Waals surface area contributed by atoms with Crippen LogP contribution in [0.3, 0.4) is 0 Å². The third-order valence-electron chi connectivity index (χ3n) is 3.98. The van der Waals surface area contributed by atoms with E-state index in [-0.39, 0.29) is 0 Å². The highest BCUT2D eigenvalue weighted by molar-refractivity contribution is 5.96. The SMILES string of the molecule is CCOc1cc(C(=O)N/N=C/c2ccc(OC)cc2OC)cc(OCC)c1OCC. The second-order valence-corrected chi connectivity index (χ2v) is 5.91. The van der Waals surface area contributed by atoms with E-state index < -0.39 is 5.91 Å². The Morgan fingerprint density at radius 3 is 2.07 bits per heavy atom. The second kappa shape index (κ2) is 11.5.